The second kappa shape index (κ2) is 7.52. The quantitative estimate of drug-likeness (QED) is 0.510. The van der Waals surface area contributed by atoms with Crippen molar-refractivity contribution in [3.8, 4) is 0 Å². The van der Waals surface area contributed by atoms with Gasteiger partial charge in [0.25, 0.3) is 5.56 Å². The highest BCUT2D eigenvalue weighted by Gasteiger charge is 2.15. The molecule has 7 nitrogen and oxygen atoms in total. The number of hydrogen-bond donors (Lipinski definition) is 1. The molecule has 0 aliphatic heterocycles. The topological polar surface area (TPSA) is 95.8 Å². The Labute approximate surface area is 148 Å². The summed E-state index contributed by atoms with van der Waals surface area (Å²) in [5.41, 5.74) is 7.05. The molecule has 0 saturated carbocycles. The van der Waals surface area contributed by atoms with Crippen molar-refractivity contribution in [1.29, 1.82) is 0 Å². The molecule has 8 heteroatoms. The van der Waals surface area contributed by atoms with Gasteiger partial charge in [-0.15, -0.1) is 0 Å². The zero-order valence-electron chi connectivity index (χ0n) is 13.9. The molecule has 0 bridgehead atoms. The van der Waals surface area contributed by atoms with Gasteiger partial charge in [-0.05, 0) is 18.9 Å². The van der Waals surface area contributed by atoms with Crippen molar-refractivity contribution >= 4 is 28.7 Å². The Morgan fingerprint density at radius 3 is 2.72 bits per heavy atom. The average Bonchev–Trinajstić information content (AvgIpc) is 3.03. The van der Waals surface area contributed by atoms with Crippen molar-refractivity contribution in [1.82, 2.24) is 19.3 Å². The monoisotopic (exact) mass is 357 g/mol. The lowest BCUT2D eigenvalue weighted by Crippen LogP contribution is -2.25. The van der Waals surface area contributed by atoms with E-state index in [9.17, 15) is 9.59 Å². The number of primary amides is 1. The highest BCUT2D eigenvalue weighted by molar-refractivity contribution is 7.99. The summed E-state index contributed by atoms with van der Waals surface area (Å²) in [6, 6.07) is 9.91. The van der Waals surface area contributed by atoms with E-state index in [4.69, 9.17) is 5.73 Å². The number of amides is 1. The van der Waals surface area contributed by atoms with E-state index in [0.29, 0.717) is 35.7 Å². The van der Waals surface area contributed by atoms with Crippen molar-refractivity contribution < 1.29 is 4.79 Å². The smallest absolute Gasteiger partial charge is 0.282 e. The first-order chi connectivity index (χ1) is 12.1. The van der Waals surface area contributed by atoms with Gasteiger partial charge in [-0.1, -0.05) is 42.1 Å². The minimum Gasteiger partial charge on any atom is -0.369 e. The van der Waals surface area contributed by atoms with E-state index >= 15 is 0 Å². The normalized spacial score (nSPS) is 11.1. The van der Waals surface area contributed by atoms with E-state index in [1.54, 1.807) is 15.4 Å². The van der Waals surface area contributed by atoms with Gasteiger partial charge in [-0.25, -0.2) is 4.98 Å². The number of rotatable bonds is 7. The van der Waals surface area contributed by atoms with Crippen molar-refractivity contribution in [3.05, 3.63) is 52.4 Å². The van der Waals surface area contributed by atoms with Crippen LogP contribution in [0.2, 0.25) is 0 Å². The third-order valence-electron chi connectivity index (χ3n) is 3.77. The first-order valence-electron chi connectivity index (χ1n) is 8.01. The molecule has 130 valence electrons. The highest BCUT2D eigenvalue weighted by Crippen LogP contribution is 2.17. The fourth-order valence-corrected chi connectivity index (χ4v) is 3.28. The second-order valence-electron chi connectivity index (χ2n) is 5.56. The summed E-state index contributed by atoms with van der Waals surface area (Å²) >= 11 is 1.18. The molecule has 0 unspecified atom stereocenters. The number of benzene rings is 1. The van der Waals surface area contributed by atoms with Crippen LogP contribution in [-0.4, -0.2) is 31.0 Å². The maximum atomic E-state index is 12.9. The number of thioether (sulfide) groups is 1. The summed E-state index contributed by atoms with van der Waals surface area (Å²) in [5.74, 6) is -0.372. The number of aromatic nitrogens is 4. The van der Waals surface area contributed by atoms with Crippen LogP contribution in [0.3, 0.4) is 0 Å². The molecular weight excluding hydrogens is 338 g/mol. The van der Waals surface area contributed by atoms with E-state index in [-0.39, 0.29) is 11.3 Å². The molecule has 0 spiro atoms. The number of carbonyl (C=O) groups is 1. The van der Waals surface area contributed by atoms with Crippen LogP contribution in [0, 0.1) is 0 Å². The van der Waals surface area contributed by atoms with E-state index in [0.717, 1.165) is 5.56 Å². The van der Waals surface area contributed by atoms with Crippen LogP contribution in [0.1, 0.15) is 12.5 Å². The van der Waals surface area contributed by atoms with Crippen LogP contribution in [0.4, 0.5) is 0 Å². The maximum Gasteiger partial charge on any atom is 0.282 e. The van der Waals surface area contributed by atoms with E-state index in [1.165, 1.54) is 11.8 Å². The van der Waals surface area contributed by atoms with Crippen molar-refractivity contribution in [2.45, 2.75) is 31.6 Å². The number of hydrogen-bond acceptors (Lipinski definition) is 5. The Morgan fingerprint density at radius 2 is 2.04 bits per heavy atom. The molecule has 2 N–H and O–H groups in total. The Bertz CT molecular complexity index is 949. The Kier molecular flexibility index (Phi) is 5.18. The molecule has 2 heterocycles. The molecular formula is C17H19N5O2S. The summed E-state index contributed by atoms with van der Waals surface area (Å²) in [4.78, 5) is 28.5. The Hall–Kier alpha value is -2.61. The lowest BCUT2D eigenvalue weighted by molar-refractivity contribution is -0.115. The molecule has 1 amide bonds. The molecule has 2 aromatic heterocycles. The molecule has 1 aromatic carbocycles. The summed E-state index contributed by atoms with van der Waals surface area (Å²) in [5, 5.41) is 4.79. The molecule has 0 aliphatic rings. The number of aryl methyl sites for hydroxylation is 2. The Balaban J connectivity index is 1.99. The largest absolute Gasteiger partial charge is 0.369 e. The number of carbonyl (C=O) groups excluding carboxylic acids is 1. The van der Waals surface area contributed by atoms with Crippen LogP contribution in [-0.2, 0) is 24.3 Å². The maximum absolute atomic E-state index is 12.9. The van der Waals surface area contributed by atoms with Crippen LogP contribution in [0.25, 0.3) is 11.0 Å². The summed E-state index contributed by atoms with van der Waals surface area (Å²) in [6.45, 7) is 3.07. The van der Waals surface area contributed by atoms with Crippen LogP contribution >= 0.6 is 11.8 Å². The molecule has 0 atom stereocenters. The first-order valence-corrected chi connectivity index (χ1v) is 9.00. The standard InChI is InChI=1S/C17H19N5O2S/c1-2-21-10-13-15(20-21)16(24)22(17(19-13)25-11-14(18)23)9-8-12-6-4-3-5-7-12/h3-7,10H,2,8-9,11H2,1H3,(H2,18,23). The number of fused-ring (bicyclic) bond motifs is 1. The van der Waals surface area contributed by atoms with Gasteiger partial charge >= 0.3 is 0 Å². The van der Waals surface area contributed by atoms with Crippen molar-refractivity contribution in [2.24, 2.45) is 5.73 Å². The van der Waals surface area contributed by atoms with Gasteiger partial charge in [0.1, 0.15) is 5.52 Å². The molecule has 0 fully saturated rings. The van der Waals surface area contributed by atoms with Crippen LogP contribution < -0.4 is 11.3 Å². The van der Waals surface area contributed by atoms with Crippen molar-refractivity contribution in [3.63, 3.8) is 0 Å². The molecule has 0 aliphatic carbocycles. The molecule has 3 aromatic rings. The van der Waals surface area contributed by atoms with E-state index < -0.39 is 5.91 Å². The fraction of sp³-hybridized carbons (Fsp3) is 0.294. The second-order valence-corrected chi connectivity index (χ2v) is 6.50. The van der Waals surface area contributed by atoms with Crippen molar-refractivity contribution in [2.75, 3.05) is 5.75 Å². The third kappa shape index (κ3) is 3.90. The summed E-state index contributed by atoms with van der Waals surface area (Å²) in [6.07, 6.45) is 2.43. The van der Waals surface area contributed by atoms with Gasteiger partial charge < -0.3 is 5.73 Å². The lowest BCUT2D eigenvalue weighted by Gasteiger charge is -2.11. The van der Waals surface area contributed by atoms with E-state index in [2.05, 4.69) is 10.1 Å². The van der Waals surface area contributed by atoms with E-state index in [1.807, 2.05) is 37.3 Å². The van der Waals surface area contributed by atoms with Gasteiger partial charge in [-0.2, -0.15) is 5.10 Å². The average molecular weight is 357 g/mol. The molecule has 0 radical (unpaired) electrons. The predicted octanol–water partition coefficient (Wildman–Crippen LogP) is 1.43. The zero-order chi connectivity index (χ0) is 17.8. The lowest BCUT2D eigenvalue weighted by atomic mass is 10.1. The zero-order valence-corrected chi connectivity index (χ0v) is 14.7. The third-order valence-corrected chi connectivity index (χ3v) is 4.77. The van der Waals surface area contributed by atoms with Gasteiger partial charge in [0.15, 0.2) is 10.7 Å². The van der Waals surface area contributed by atoms with Crippen LogP contribution in [0.5, 0.6) is 0 Å². The molecule has 0 saturated heterocycles. The van der Waals surface area contributed by atoms with Gasteiger partial charge in [0.05, 0.1) is 11.9 Å². The minimum absolute atomic E-state index is 0.0746. The van der Waals surface area contributed by atoms with Gasteiger partial charge in [-0.3, -0.25) is 18.8 Å². The summed E-state index contributed by atoms with van der Waals surface area (Å²) in [7, 11) is 0. The summed E-state index contributed by atoms with van der Waals surface area (Å²) < 4.78 is 3.26. The van der Waals surface area contributed by atoms with Crippen LogP contribution in [0.15, 0.2) is 46.5 Å². The van der Waals surface area contributed by atoms with Gasteiger partial charge in [0, 0.05) is 13.1 Å². The Morgan fingerprint density at radius 1 is 1.28 bits per heavy atom. The highest BCUT2D eigenvalue weighted by atomic mass is 32.2. The minimum atomic E-state index is -0.446. The molecule has 3 rings (SSSR count). The molecule has 25 heavy (non-hydrogen) atoms. The first kappa shape index (κ1) is 17.2. The van der Waals surface area contributed by atoms with Gasteiger partial charge in [0.2, 0.25) is 5.91 Å². The predicted molar refractivity (Wildman–Crippen MR) is 97.5 cm³/mol. The fourth-order valence-electron chi connectivity index (χ4n) is 2.51. The number of nitrogens with two attached hydrogens (primary N) is 1. The number of nitrogens with zero attached hydrogens (tertiary/aromatic N) is 4. The SMILES string of the molecule is CCn1cc2nc(SCC(N)=O)n(CCc3ccccc3)c(=O)c2n1.